The number of guanidine groups is 1. The van der Waals surface area contributed by atoms with Crippen molar-refractivity contribution in [3.63, 3.8) is 0 Å². The largest absolute Gasteiger partial charge is 0.357 e. The molecule has 4 heteroatoms. The van der Waals surface area contributed by atoms with Gasteiger partial charge in [-0.2, -0.15) is 0 Å². The summed E-state index contributed by atoms with van der Waals surface area (Å²) < 4.78 is 0. The zero-order valence-corrected chi connectivity index (χ0v) is 13.6. The summed E-state index contributed by atoms with van der Waals surface area (Å²) in [7, 11) is 0. The van der Waals surface area contributed by atoms with Gasteiger partial charge in [-0.15, -0.1) is 0 Å². The molecule has 0 unspecified atom stereocenters. The van der Waals surface area contributed by atoms with Gasteiger partial charge in [0.15, 0.2) is 5.96 Å². The van der Waals surface area contributed by atoms with Gasteiger partial charge in [-0.25, -0.2) is 0 Å². The molecule has 1 N–H and O–H groups in total. The molecule has 0 aromatic heterocycles. The number of hydrogen-bond donors (Lipinski definition) is 1. The second-order valence-electron chi connectivity index (χ2n) is 6.97. The summed E-state index contributed by atoms with van der Waals surface area (Å²) >= 11 is 0. The van der Waals surface area contributed by atoms with Crippen LogP contribution in [0.5, 0.6) is 0 Å². The molecule has 2 heterocycles. The zero-order chi connectivity index (χ0) is 14.4. The number of aliphatic imine (C=N–C) groups is 1. The average Bonchev–Trinajstić information content (AvgIpc) is 3.02. The highest BCUT2D eigenvalue weighted by molar-refractivity contribution is 5.80. The van der Waals surface area contributed by atoms with Crippen molar-refractivity contribution >= 4 is 5.96 Å². The molecule has 2 fully saturated rings. The first-order valence-electron chi connectivity index (χ1n) is 8.36. The third-order valence-corrected chi connectivity index (χ3v) is 4.40. The van der Waals surface area contributed by atoms with Gasteiger partial charge in [0.05, 0.1) is 0 Å². The summed E-state index contributed by atoms with van der Waals surface area (Å²) in [5, 5.41) is 3.45. The third-order valence-electron chi connectivity index (χ3n) is 4.40. The lowest BCUT2D eigenvalue weighted by molar-refractivity contribution is 0.335. The number of nitrogens with zero attached hydrogens (tertiary/aromatic N) is 3. The topological polar surface area (TPSA) is 30.9 Å². The normalized spacial score (nSPS) is 23.6. The van der Waals surface area contributed by atoms with E-state index in [9.17, 15) is 0 Å². The van der Waals surface area contributed by atoms with Gasteiger partial charge in [-0.3, -0.25) is 4.99 Å². The number of hydrogen-bond acceptors (Lipinski definition) is 2. The van der Waals surface area contributed by atoms with Gasteiger partial charge in [0.1, 0.15) is 0 Å². The fourth-order valence-electron chi connectivity index (χ4n) is 3.20. The van der Waals surface area contributed by atoms with Crippen LogP contribution in [0.3, 0.4) is 0 Å². The molecule has 4 nitrogen and oxygen atoms in total. The summed E-state index contributed by atoms with van der Waals surface area (Å²) in [4.78, 5) is 9.83. The Balaban J connectivity index is 1.76. The van der Waals surface area contributed by atoms with E-state index in [1.807, 2.05) is 0 Å². The predicted octanol–water partition coefficient (Wildman–Crippen LogP) is 2.17. The van der Waals surface area contributed by atoms with Crippen molar-refractivity contribution in [2.24, 2.45) is 10.4 Å². The van der Waals surface area contributed by atoms with E-state index >= 15 is 0 Å². The molecule has 2 saturated heterocycles. The highest BCUT2D eigenvalue weighted by atomic mass is 15.3. The zero-order valence-electron chi connectivity index (χ0n) is 13.6. The minimum Gasteiger partial charge on any atom is -0.357 e. The second-order valence-corrected chi connectivity index (χ2v) is 6.97. The third kappa shape index (κ3) is 4.65. The van der Waals surface area contributed by atoms with E-state index in [4.69, 9.17) is 4.99 Å². The number of nitrogens with one attached hydrogen (secondary N) is 1. The summed E-state index contributed by atoms with van der Waals surface area (Å²) in [6.07, 6.45) is 5.22. The van der Waals surface area contributed by atoms with Crippen LogP contribution in [0.4, 0.5) is 0 Å². The van der Waals surface area contributed by atoms with Gasteiger partial charge >= 0.3 is 0 Å². The number of likely N-dealkylation sites (tertiary alicyclic amines) is 2. The maximum absolute atomic E-state index is 4.83. The van der Waals surface area contributed by atoms with E-state index in [-0.39, 0.29) is 0 Å². The number of rotatable bonds is 5. The first-order valence-corrected chi connectivity index (χ1v) is 8.36. The maximum atomic E-state index is 4.83. The Morgan fingerprint density at radius 2 is 1.95 bits per heavy atom. The average molecular weight is 280 g/mol. The summed E-state index contributed by atoms with van der Waals surface area (Å²) in [6.45, 7) is 14.9. The molecule has 0 amide bonds. The van der Waals surface area contributed by atoms with Crippen LogP contribution in [0.25, 0.3) is 0 Å². The highest BCUT2D eigenvalue weighted by Crippen LogP contribution is 2.28. The molecule has 0 bridgehead atoms. The molecule has 116 valence electrons. The summed E-state index contributed by atoms with van der Waals surface area (Å²) in [6, 6.07) is 0. The molecule has 0 aromatic carbocycles. The molecule has 0 radical (unpaired) electrons. The Hall–Kier alpha value is -0.770. The predicted molar refractivity (Wildman–Crippen MR) is 86.2 cm³/mol. The molecule has 0 saturated carbocycles. The molecule has 2 aliphatic rings. The lowest BCUT2D eigenvalue weighted by atomic mass is 9.93. The molecule has 0 aromatic rings. The second kappa shape index (κ2) is 7.30. The Bertz CT molecular complexity index is 318. The molecule has 0 aliphatic carbocycles. The van der Waals surface area contributed by atoms with E-state index in [1.165, 1.54) is 45.3 Å². The first kappa shape index (κ1) is 15.6. The quantitative estimate of drug-likeness (QED) is 0.476. The van der Waals surface area contributed by atoms with Crippen molar-refractivity contribution in [1.82, 2.24) is 15.1 Å². The van der Waals surface area contributed by atoms with Gasteiger partial charge in [-0.05, 0) is 57.7 Å². The van der Waals surface area contributed by atoms with Crippen LogP contribution in [0.2, 0.25) is 0 Å². The maximum Gasteiger partial charge on any atom is 0.193 e. The van der Waals surface area contributed by atoms with Crippen molar-refractivity contribution in [1.29, 1.82) is 0 Å². The van der Waals surface area contributed by atoms with E-state index in [2.05, 4.69) is 35.9 Å². The lowest BCUT2D eigenvalue weighted by Crippen LogP contribution is -2.40. The van der Waals surface area contributed by atoms with Crippen LogP contribution in [0.15, 0.2) is 4.99 Å². The Kier molecular flexibility index (Phi) is 5.70. The molecular formula is C16H32N4. The smallest absolute Gasteiger partial charge is 0.193 e. The Morgan fingerprint density at radius 1 is 1.20 bits per heavy atom. The molecular weight excluding hydrogens is 248 g/mol. The summed E-state index contributed by atoms with van der Waals surface area (Å²) in [5.74, 6) is 1.12. The van der Waals surface area contributed by atoms with Gasteiger partial charge in [-0.1, -0.05) is 13.8 Å². The van der Waals surface area contributed by atoms with Gasteiger partial charge in [0.25, 0.3) is 0 Å². The fraction of sp³-hybridized carbons (Fsp3) is 0.938. The van der Waals surface area contributed by atoms with Crippen LogP contribution in [-0.4, -0.2) is 61.6 Å². The Morgan fingerprint density at radius 3 is 2.55 bits per heavy atom. The molecule has 0 spiro atoms. The van der Waals surface area contributed by atoms with E-state index in [0.717, 1.165) is 32.1 Å². The first-order chi connectivity index (χ1) is 9.61. The minimum atomic E-state index is 0.436. The van der Waals surface area contributed by atoms with Crippen LogP contribution in [0, 0.1) is 5.41 Å². The fourth-order valence-corrected chi connectivity index (χ4v) is 3.20. The highest BCUT2D eigenvalue weighted by Gasteiger charge is 2.30. The van der Waals surface area contributed by atoms with Gasteiger partial charge < -0.3 is 15.1 Å². The van der Waals surface area contributed by atoms with Gasteiger partial charge in [0.2, 0.25) is 0 Å². The van der Waals surface area contributed by atoms with E-state index in [0.29, 0.717) is 5.41 Å². The van der Waals surface area contributed by atoms with Crippen molar-refractivity contribution < 1.29 is 0 Å². The van der Waals surface area contributed by atoms with Crippen molar-refractivity contribution in [3.8, 4) is 0 Å². The van der Waals surface area contributed by atoms with Crippen molar-refractivity contribution in [3.05, 3.63) is 0 Å². The molecule has 20 heavy (non-hydrogen) atoms. The minimum absolute atomic E-state index is 0.436. The van der Waals surface area contributed by atoms with Crippen LogP contribution in [0.1, 0.15) is 46.5 Å². The van der Waals surface area contributed by atoms with E-state index in [1.54, 1.807) is 0 Å². The molecule has 0 atom stereocenters. The van der Waals surface area contributed by atoms with Crippen LogP contribution >= 0.6 is 0 Å². The Labute approximate surface area is 124 Å². The monoisotopic (exact) mass is 280 g/mol. The van der Waals surface area contributed by atoms with Crippen LogP contribution in [-0.2, 0) is 0 Å². The molecule has 2 rings (SSSR count). The SMILES string of the molecule is CCNC(=NCCCN1CCCC1)N1CCC(C)(C)C1. The lowest BCUT2D eigenvalue weighted by Gasteiger charge is -2.23. The van der Waals surface area contributed by atoms with Gasteiger partial charge in [0, 0.05) is 26.2 Å². The summed E-state index contributed by atoms with van der Waals surface area (Å²) in [5.41, 5.74) is 0.436. The van der Waals surface area contributed by atoms with Crippen molar-refractivity contribution in [2.75, 3.05) is 45.8 Å². The standard InChI is InChI=1S/C16H32N4/c1-4-17-15(20-13-8-16(2,3)14-20)18-9-7-12-19-10-5-6-11-19/h4-14H2,1-3H3,(H,17,18). The van der Waals surface area contributed by atoms with Crippen molar-refractivity contribution in [2.45, 2.75) is 46.5 Å². The van der Waals surface area contributed by atoms with E-state index < -0.39 is 0 Å². The van der Waals surface area contributed by atoms with Crippen LogP contribution < -0.4 is 5.32 Å². The molecule has 2 aliphatic heterocycles.